The van der Waals surface area contributed by atoms with Crippen LogP contribution in [0.15, 0.2) is 70.0 Å². The van der Waals surface area contributed by atoms with Crippen LogP contribution in [0.4, 0.5) is 5.69 Å². The van der Waals surface area contributed by atoms with Crippen molar-refractivity contribution in [2.75, 3.05) is 18.5 Å². The van der Waals surface area contributed by atoms with E-state index in [9.17, 15) is 9.90 Å². The molecule has 0 aliphatic rings. The molecule has 3 rings (SSSR count). The van der Waals surface area contributed by atoms with Crippen molar-refractivity contribution in [2.24, 2.45) is 0 Å². The van der Waals surface area contributed by atoms with Gasteiger partial charge in [0.1, 0.15) is 0 Å². The van der Waals surface area contributed by atoms with Crippen LogP contribution in [0.5, 0.6) is 0 Å². The van der Waals surface area contributed by atoms with Gasteiger partial charge >= 0.3 is 5.76 Å². The summed E-state index contributed by atoms with van der Waals surface area (Å²) in [6, 6.07) is 19.0. The van der Waals surface area contributed by atoms with Gasteiger partial charge in [0.05, 0.1) is 12.6 Å². The van der Waals surface area contributed by atoms with Crippen LogP contribution in [-0.4, -0.2) is 34.5 Å². The van der Waals surface area contributed by atoms with E-state index in [0.29, 0.717) is 12.4 Å². The molecule has 1 unspecified atom stereocenters. The molecule has 3 aromatic rings. The number of likely N-dealkylation sites (N-methyl/N-ethyl adjacent to an activating group) is 1. The van der Waals surface area contributed by atoms with Crippen LogP contribution in [0.2, 0.25) is 0 Å². The van der Waals surface area contributed by atoms with Gasteiger partial charge in [0.25, 0.3) is 0 Å². The van der Waals surface area contributed by atoms with Gasteiger partial charge < -0.3 is 10.0 Å². The van der Waals surface area contributed by atoms with Crippen molar-refractivity contribution in [2.45, 2.75) is 12.6 Å². The highest BCUT2D eigenvalue weighted by Crippen LogP contribution is 2.16. The summed E-state index contributed by atoms with van der Waals surface area (Å²) in [5.74, 6) is -0.155. The summed E-state index contributed by atoms with van der Waals surface area (Å²) in [6.45, 7) is 0.500. The van der Waals surface area contributed by atoms with Crippen molar-refractivity contribution in [3.05, 3.63) is 71.2 Å². The predicted octanol–water partition coefficient (Wildman–Crippen LogP) is 2.00. The van der Waals surface area contributed by atoms with Crippen LogP contribution in [0.1, 0.15) is 0 Å². The largest absolute Gasteiger partial charge is 0.441 e. The van der Waals surface area contributed by atoms with Crippen LogP contribution in [0.25, 0.3) is 11.4 Å². The molecule has 1 atom stereocenters. The Balaban J connectivity index is 1.74. The van der Waals surface area contributed by atoms with Crippen LogP contribution in [-0.2, 0) is 6.54 Å². The van der Waals surface area contributed by atoms with E-state index >= 15 is 0 Å². The van der Waals surface area contributed by atoms with Crippen LogP contribution in [0.3, 0.4) is 0 Å². The summed E-state index contributed by atoms with van der Waals surface area (Å²) in [6.07, 6.45) is -0.741. The van der Waals surface area contributed by atoms with Gasteiger partial charge in [0.15, 0.2) is 5.82 Å². The van der Waals surface area contributed by atoms with Crippen molar-refractivity contribution in [3.63, 3.8) is 0 Å². The first kappa shape index (κ1) is 16.0. The second-order valence-corrected chi connectivity index (χ2v) is 5.62. The average molecular weight is 325 g/mol. The van der Waals surface area contributed by atoms with Gasteiger partial charge in [-0.3, -0.25) is 9.09 Å². The Morgan fingerprint density at radius 1 is 1.12 bits per heavy atom. The fourth-order valence-electron chi connectivity index (χ4n) is 2.60. The molecule has 0 radical (unpaired) electrons. The quantitative estimate of drug-likeness (QED) is 0.750. The van der Waals surface area contributed by atoms with E-state index < -0.39 is 11.9 Å². The monoisotopic (exact) mass is 325 g/mol. The SMILES string of the molecule is CN(CC(O)Cn1c(-c2ccccc2)noc1=O)c1ccccc1. The zero-order valence-electron chi connectivity index (χ0n) is 13.4. The molecule has 0 saturated heterocycles. The number of para-hydroxylation sites is 1. The summed E-state index contributed by atoms with van der Waals surface area (Å²) in [5, 5.41) is 14.2. The van der Waals surface area contributed by atoms with Crippen molar-refractivity contribution in [1.29, 1.82) is 0 Å². The Hall–Kier alpha value is -2.86. The highest BCUT2D eigenvalue weighted by molar-refractivity contribution is 5.54. The molecule has 0 amide bonds. The minimum Gasteiger partial charge on any atom is -0.389 e. The normalized spacial score (nSPS) is 12.1. The standard InChI is InChI=1S/C18H19N3O3/c1-20(15-10-6-3-7-11-15)12-16(22)13-21-17(19-24-18(21)23)14-8-4-2-5-9-14/h2-11,16,22H,12-13H2,1H3. The number of benzene rings is 2. The number of hydrogen-bond acceptors (Lipinski definition) is 5. The Labute approximate surface area is 139 Å². The fraction of sp³-hybridized carbons (Fsp3) is 0.222. The number of nitrogens with zero attached hydrogens (tertiary/aromatic N) is 3. The van der Waals surface area contributed by atoms with E-state index in [-0.39, 0.29) is 6.54 Å². The minimum atomic E-state index is -0.741. The summed E-state index contributed by atoms with van der Waals surface area (Å²) in [5.41, 5.74) is 1.77. The molecule has 6 heteroatoms. The molecule has 124 valence electrons. The third-order valence-corrected chi connectivity index (χ3v) is 3.79. The Morgan fingerprint density at radius 3 is 2.42 bits per heavy atom. The van der Waals surface area contributed by atoms with Crippen LogP contribution in [0, 0.1) is 0 Å². The lowest BCUT2D eigenvalue weighted by Crippen LogP contribution is -2.34. The molecule has 0 spiro atoms. The topological polar surface area (TPSA) is 71.5 Å². The Bertz CT molecular complexity index is 827. The number of rotatable bonds is 6. The molecule has 0 saturated carbocycles. The predicted molar refractivity (Wildman–Crippen MR) is 91.9 cm³/mol. The van der Waals surface area contributed by atoms with Gasteiger partial charge in [-0.15, -0.1) is 0 Å². The smallest absolute Gasteiger partial charge is 0.389 e. The molecule has 2 aromatic carbocycles. The first-order chi connectivity index (χ1) is 11.6. The molecule has 0 bridgehead atoms. The van der Waals surface area contributed by atoms with Crippen molar-refractivity contribution >= 4 is 5.69 Å². The van der Waals surface area contributed by atoms with E-state index in [4.69, 9.17) is 4.52 Å². The molecule has 6 nitrogen and oxygen atoms in total. The first-order valence-corrected chi connectivity index (χ1v) is 7.71. The Kier molecular flexibility index (Phi) is 4.77. The van der Waals surface area contributed by atoms with Crippen LogP contribution < -0.4 is 10.7 Å². The highest BCUT2D eigenvalue weighted by atomic mass is 16.5. The van der Waals surface area contributed by atoms with E-state index in [1.54, 1.807) is 0 Å². The minimum absolute atomic E-state index is 0.115. The number of aliphatic hydroxyl groups is 1. The lowest BCUT2D eigenvalue weighted by molar-refractivity contribution is 0.158. The van der Waals surface area contributed by atoms with Gasteiger partial charge in [0, 0.05) is 24.8 Å². The number of hydrogen-bond donors (Lipinski definition) is 1. The zero-order valence-corrected chi connectivity index (χ0v) is 13.4. The Morgan fingerprint density at radius 2 is 1.75 bits per heavy atom. The highest BCUT2D eigenvalue weighted by Gasteiger charge is 2.17. The molecule has 24 heavy (non-hydrogen) atoms. The van der Waals surface area contributed by atoms with Gasteiger partial charge in [-0.05, 0) is 12.1 Å². The van der Waals surface area contributed by atoms with Gasteiger partial charge in [0.2, 0.25) is 0 Å². The molecular formula is C18H19N3O3. The maximum Gasteiger partial charge on any atom is 0.441 e. The molecule has 0 aliphatic heterocycles. The lowest BCUT2D eigenvalue weighted by atomic mass is 10.2. The van der Waals surface area contributed by atoms with Crippen molar-refractivity contribution in [3.8, 4) is 11.4 Å². The number of aliphatic hydroxyl groups excluding tert-OH is 1. The van der Waals surface area contributed by atoms with Gasteiger partial charge in [-0.25, -0.2) is 4.79 Å². The van der Waals surface area contributed by atoms with Crippen LogP contribution >= 0.6 is 0 Å². The lowest BCUT2D eigenvalue weighted by Gasteiger charge is -2.22. The van der Waals surface area contributed by atoms with Crippen molar-refractivity contribution in [1.82, 2.24) is 9.72 Å². The fourth-order valence-corrected chi connectivity index (χ4v) is 2.60. The third-order valence-electron chi connectivity index (χ3n) is 3.79. The second-order valence-electron chi connectivity index (χ2n) is 5.62. The number of anilines is 1. The average Bonchev–Trinajstić information content (AvgIpc) is 2.97. The molecule has 1 N–H and O–H groups in total. The van der Waals surface area contributed by atoms with E-state index in [0.717, 1.165) is 11.3 Å². The maximum absolute atomic E-state index is 11.9. The van der Waals surface area contributed by atoms with Crippen molar-refractivity contribution < 1.29 is 9.63 Å². The summed E-state index contributed by atoms with van der Waals surface area (Å²) in [7, 11) is 1.90. The summed E-state index contributed by atoms with van der Waals surface area (Å²) in [4.78, 5) is 13.8. The molecule has 1 heterocycles. The number of aromatic nitrogens is 2. The molecule has 0 aliphatic carbocycles. The first-order valence-electron chi connectivity index (χ1n) is 7.71. The summed E-state index contributed by atoms with van der Waals surface area (Å²) >= 11 is 0. The molecule has 1 aromatic heterocycles. The second kappa shape index (κ2) is 7.14. The molecule has 0 fully saturated rings. The maximum atomic E-state index is 11.9. The third kappa shape index (κ3) is 3.55. The summed E-state index contributed by atoms with van der Waals surface area (Å²) < 4.78 is 6.13. The van der Waals surface area contributed by atoms with E-state index in [1.807, 2.05) is 72.6 Å². The van der Waals surface area contributed by atoms with Gasteiger partial charge in [-0.1, -0.05) is 53.7 Å². The molecular weight excluding hydrogens is 306 g/mol. The zero-order chi connectivity index (χ0) is 16.9. The van der Waals surface area contributed by atoms with E-state index in [2.05, 4.69) is 5.16 Å². The van der Waals surface area contributed by atoms with E-state index in [1.165, 1.54) is 4.57 Å². The van der Waals surface area contributed by atoms with Gasteiger partial charge in [-0.2, -0.15) is 0 Å².